The van der Waals surface area contributed by atoms with E-state index < -0.39 is 10.9 Å². The van der Waals surface area contributed by atoms with Crippen LogP contribution in [-0.2, 0) is 17.8 Å². The van der Waals surface area contributed by atoms with E-state index in [9.17, 15) is 14.9 Å². The molecule has 3 rings (SSSR count). The van der Waals surface area contributed by atoms with Crippen molar-refractivity contribution in [2.45, 2.75) is 19.4 Å². The molecule has 10 heteroatoms. The number of rotatable bonds is 3. The molecule has 0 radical (unpaired) electrons. The normalized spacial score (nSPS) is 13.1. The Hall–Kier alpha value is -2.68. The molecule has 1 aliphatic heterocycles. The number of amides is 1. The SMILES string of the molecule is Cl.Nc1cccc2c1CCCN2C(=O)Cn1cnc([N+](=O)[O-])n1. The molecule has 0 unspecified atom stereocenters. The van der Waals surface area contributed by atoms with Crippen LogP contribution in [0, 0.1) is 10.1 Å². The van der Waals surface area contributed by atoms with Crippen LogP contribution >= 0.6 is 12.4 Å². The summed E-state index contributed by atoms with van der Waals surface area (Å²) >= 11 is 0. The minimum absolute atomic E-state index is 0. The van der Waals surface area contributed by atoms with Crippen LogP contribution in [0.15, 0.2) is 24.5 Å². The van der Waals surface area contributed by atoms with Gasteiger partial charge in [-0.1, -0.05) is 11.1 Å². The van der Waals surface area contributed by atoms with Crippen molar-refractivity contribution in [1.29, 1.82) is 0 Å². The summed E-state index contributed by atoms with van der Waals surface area (Å²) in [5.41, 5.74) is 8.39. The van der Waals surface area contributed by atoms with Crippen molar-refractivity contribution in [1.82, 2.24) is 14.8 Å². The predicted octanol–water partition coefficient (Wildman–Crippen LogP) is 1.17. The van der Waals surface area contributed by atoms with Gasteiger partial charge < -0.3 is 20.7 Å². The average Bonchev–Trinajstić information content (AvgIpc) is 2.96. The van der Waals surface area contributed by atoms with Crippen LogP contribution in [0.1, 0.15) is 12.0 Å². The number of hydrogen-bond acceptors (Lipinski definition) is 6. The summed E-state index contributed by atoms with van der Waals surface area (Å²) in [7, 11) is 0. The van der Waals surface area contributed by atoms with Crippen molar-refractivity contribution in [2.24, 2.45) is 0 Å². The van der Waals surface area contributed by atoms with Gasteiger partial charge in [-0.25, -0.2) is 0 Å². The van der Waals surface area contributed by atoms with Crippen molar-refractivity contribution >= 4 is 35.6 Å². The van der Waals surface area contributed by atoms with Gasteiger partial charge in [0, 0.05) is 23.0 Å². The topological polar surface area (TPSA) is 120 Å². The lowest BCUT2D eigenvalue weighted by Gasteiger charge is -2.30. The molecule has 0 saturated heterocycles. The first-order valence-corrected chi connectivity index (χ1v) is 6.78. The Morgan fingerprint density at radius 1 is 1.43 bits per heavy atom. The lowest BCUT2D eigenvalue weighted by Crippen LogP contribution is -2.38. The second-order valence-electron chi connectivity index (χ2n) is 4.99. The Labute approximate surface area is 137 Å². The zero-order valence-electron chi connectivity index (χ0n) is 12.1. The van der Waals surface area contributed by atoms with Crippen LogP contribution in [0.2, 0.25) is 0 Å². The van der Waals surface area contributed by atoms with Crippen LogP contribution in [0.5, 0.6) is 0 Å². The zero-order chi connectivity index (χ0) is 15.7. The Bertz CT molecular complexity index is 747. The second-order valence-corrected chi connectivity index (χ2v) is 4.99. The Kier molecular flexibility index (Phi) is 4.80. The summed E-state index contributed by atoms with van der Waals surface area (Å²) in [4.78, 5) is 27.5. The number of carbonyl (C=O) groups is 1. The highest BCUT2D eigenvalue weighted by atomic mass is 35.5. The molecule has 2 aromatic rings. The quantitative estimate of drug-likeness (QED) is 0.509. The molecule has 9 nitrogen and oxygen atoms in total. The summed E-state index contributed by atoms with van der Waals surface area (Å²) in [6.45, 7) is 0.487. The highest BCUT2D eigenvalue weighted by Gasteiger charge is 2.25. The lowest BCUT2D eigenvalue weighted by atomic mass is 10.00. The van der Waals surface area contributed by atoms with E-state index in [2.05, 4.69) is 10.1 Å². The smallest absolute Gasteiger partial charge is 0.398 e. The van der Waals surface area contributed by atoms with E-state index in [1.807, 2.05) is 12.1 Å². The predicted molar refractivity (Wildman–Crippen MR) is 85.5 cm³/mol. The van der Waals surface area contributed by atoms with Gasteiger partial charge in [0.05, 0.1) is 0 Å². The number of nitro groups is 1. The van der Waals surface area contributed by atoms with Crippen LogP contribution in [-0.4, -0.2) is 32.1 Å². The maximum Gasteiger partial charge on any atom is 0.490 e. The van der Waals surface area contributed by atoms with Crippen LogP contribution in [0.25, 0.3) is 0 Å². The molecule has 0 saturated carbocycles. The molecule has 1 aromatic heterocycles. The van der Waals surface area contributed by atoms with E-state index in [4.69, 9.17) is 5.73 Å². The van der Waals surface area contributed by atoms with Crippen molar-refractivity contribution < 1.29 is 9.72 Å². The number of carbonyl (C=O) groups excluding carboxylic acids is 1. The zero-order valence-corrected chi connectivity index (χ0v) is 12.9. The van der Waals surface area contributed by atoms with Gasteiger partial charge >= 0.3 is 5.95 Å². The number of benzene rings is 1. The molecule has 1 amide bonds. The first-order valence-electron chi connectivity index (χ1n) is 6.78. The van der Waals surface area contributed by atoms with E-state index in [1.54, 1.807) is 11.0 Å². The van der Waals surface area contributed by atoms with Crippen molar-refractivity contribution in [3.63, 3.8) is 0 Å². The van der Waals surface area contributed by atoms with Crippen LogP contribution in [0.4, 0.5) is 17.3 Å². The van der Waals surface area contributed by atoms with Gasteiger partial charge in [0.15, 0.2) is 0 Å². The minimum Gasteiger partial charge on any atom is -0.398 e. The fraction of sp³-hybridized carbons (Fsp3) is 0.308. The largest absolute Gasteiger partial charge is 0.490 e. The molecule has 1 aromatic carbocycles. The first kappa shape index (κ1) is 16.7. The minimum atomic E-state index is -0.697. The summed E-state index contributed by atoms with van der Waals surface area (Å²) in [5, 5.41) is 14.2. The molecule has 0 atom stereocenters. The van der Waals surface area contributed by atoms with E-state index in [1.165, 1.54) is 11.0 Å². The Morgan fingerprint density at radius 2 is 2.22 bits per heavy atom. The molecule has 0 bridgehead atoms. The summed E-state index contributed by atoms with van der Waals surface area (Å²) in [6.07, 6.45) is 2.84. The number of anilines is 2. The third kappa shape index (κ3) is 3.24. The maximum absolute atomic E-state index is 12.4. The van der Waals surface area contributed by atoms with Crippen molar-refractivity contribution in [2.75, 3.05) is 17.2 Å². The number of hydrogen-bond donors (Lipinski definition) is 1. The van der Waals surface area contributed by atoms with Crippen molar-refractivity contribution in [3.05, 3.63) is 40.2 Å². The van der Waals surface area contributed by atoms with Gasteiger partial charge in [-0.2, -0.15) is 4.68 Å². The van der Waals surface area contributed by atoms with Gasteiger partial charge in [-0.15, -0.1) is 12.4 Å². The molecule has 0 fully saturated rings. The Balaban J connectivity index is 0.00000192. The monoisotopic (exact) mass is 338 g/mol. The number of aromatic nitrogens is 3. The van der Waals surface area contributed by atoms with E-state index in [0.29, 0.717) is 12.2 Å². The number of halogens is 1. The lowest BCUT2D eigenvalue weighted by molar-refractivity contribution is -0.394. The average molecular weight is 339 g/mol. The summed E-state index contributed by atoms with van der Waals surface area (Å²) in [6, 6.07) is 5.47. The number of nitrogen functional groups attached to an aromatic ring is 1. The number of nitrogens with two attached hydrogens (primary N) is 1. The van der Waals surface area contributed by atoms with Crippen LogP contribution < -0.4 is 10.6 Å². The molecular weight excluding hydrogens is 324 g/mol. The highest BCUT2D eigenvalue weighted by Crippen LogP contribution is 2.31. The van der Waals surface area contributed by atoms with E-state index in [-0.39, 0.29) is 24.9 Å². The summed E-state index contributed by atoms with van der Waals surface area (Å²) < 4.78 is 1.17. The molecular formula is C13H15ClN6O3. The third-order valence-corrected chi connectivity index (χ3v) is 3.57. The Morgan fingerprint density at radius 3 is 2.91 bits per heavy atom. The van der Waals surface area contributed by atoms with Gasteiger partial charge in [-0.05, 0) is 35.5 Å². The van der Waals surface area contributed by atoms with Gasteiger partial charge in [0.2, 0.25) is 12.2 Å². The molecule has 2 heterocycles. The third-order valence-electron chi connectivity index (χ3n) is 3.57. The molecule has 0 aliphatic carbocycles. The van der Waals surface area contributed by atoms with Crippen molar-refractivity contribution in [3.8, 4) is 0 Å². The fourth-order valence-corrected chi connectivity index (χ4v) is 2.58. The van der Waals surface area contributed by atoms with E-state index >= 15 is 0 Å². The molecule has 0 spiro atoms. The van der Waals surface area contributed by atoms with Gasteiger partial charge in [-0.3, -0.25) is 4.79 Å². The van der Waals surface area contributed by atoms with E-state index in [0.717, 1.165) is 24.1 Å². The fourth-order valence-electron chi connectivity index (χ4n) is 2.58. The molecule has 122 valence electrons. The molecule has 23 heavy (non-hydrogen) atoms. The molecule has 1 aliphatic rings. The van der Waals surface area contributed by atoms with Gasteiger partial charge in [0.1, 0.15) is 6.54 Å². The number of fused-ring (bicyclic) bond motifs is 1. The molecule has 2 N–H and O–H groups in total. The van der Waals surface area contributed by atoms with Crippen LogP contribution in [0.3, 0.4) is 0 Å². The van der Waals surface area contributed by atoms with Gasteiger partial charge in [0.25, 0.3) is 0 Å². The standard InChI is InChI=1S/C13H14N6O3.ClH/c14-10-4-1-5-11-9(10)3-2-6-18(11)12(20)7-17-8-15-13(16-17)19(21)22;/h1,4-5,8H,2-3,6-7,14H2;1H. The summed E-state index contributed by atoms with van der Waals surface area (Å²) in [5.74, 6) is -0.720. The highest BCUT2D eigenvalue weighted by molar-refractivity contribution is 5.95. The maximum atomic E-state index is 12.4. The first-order chi connectivity index (χ1) is 10.6. The number of nitrogens with zero attached hydrogens (tertiary/aromatic N) is 5. The second kappa shape index (κ2) is 6.61.